The summed E-state index contributed by atoms with van der Waals surface area (Å²) in [7, 11) is 0. The van der Waals surface area contributed by atoms with Crippen molar-refractivity contribution < 1.29 is 14.6 Å². The first-order valence-corrected chi connectivity index (χ1v) is 11.9. The number of fused-ring (bicyclic) bond motifs is 1. The third kappa shape index (κ3) is 5.65. The van der Waals surface area contributed by atoms with Crippen LogP contribution in [-0.2, 0) is 13.0 Å². The fourth-order valence-electron chi connectivity index (χ4n) is 3.52. The van der Waals surface area contributed by atoms with Crippen LogP contribution in [0.4, 0.5) is 11.4 Å². The quantitative estimate of drug-likeness (QED) is 0.147. The topological polar surface area (TPSA) is 143 Å². The van der Waals surface area contributed by atoms with Gasteiger partial charge in [0.05, 0.1) is 27.0 Å². The number of aromatic nitrogens is 2. The number of rotatable bonds is 8. The summed E-state index contributed by atoms with van der Waals surface area (Å²) in [6.07, 6.45) is 1.65. The van der Waals surface area contributed by atoms with Gasteiger partial charge in [0.15, 0.2) is 0 Å². The number of ether oxygens (including phenoxy) is 1. The fraction of sp³-hybridized carbons (Fsp3) is 0.125. The summed E-state index contributed by atoms with van der Waals surface area (Å²) >= 11 is 9.47. The van der Waals surface area contributed by atoms with Crippen LogP contribution in [0.2, 0.25) is 5.02 Å². The van der Waals surface area contributed by atoms with Crippen LogP contribution in [0.1, 0.15) is 23.9 Å². The number of benzene rings is 3. The van der Waals surface area contributed by atoms with E-state index >= 15 is 0 Å². The van der Waals surface area contributed by atoms with E-state index in [1.807, 2.05) is 6.92 Å². The third-order valence-corrected chi connectivity index (χ3v) is 6.01. The second kappa shape index (κ2) is 10.8. The average molecular weight is 587 g/mol. The zero-order valence-electron chi connectivity index (χ0n) is 19.1. The van der Waals surface area contributed by atoms with Gasteiger partial charge in [-0.2, -0.15) is 9.78 Å². The maximum atomic E-state index is 13.2. The first kappa shape index (κ1) is 25.9. The summed E-state index contributed by atoms with van der Waals surface area (Å²) in [6.45, 7) is 1.70. The van der Waals surface area contributed by atoms with E-state index in [0.29, 0.717) is 33.2 Å². The molecule has 37 heavy (non-hydrogen) atoms. The van der Waals surface area contributed by atoms with Crippen molar-refractivity contribution >= 4 is 56.0 Å². The molecule has 0 aliphatic heterocycles. The highest BCUT2D eigenvalue weighted by Crippen LogP contribution is 2.34. The molecule has 1 heterocycles. The van der Waals surface area contributed by atoms with E-state index < -0.39 is 21.1 Å². The second-order valence-electron chi connectivity index (χ2n) is 7.72. The van der Waals surface area contributed by atoms with Gasteiger partial charge < -0.3 is 4.74 Å². The summed E-state index contributed by atoms with van der Waals surface area (Å²) in [4.78, 5) is 39.1. The van der Waals surface area contributed by atoms with E-state index in [0.717, 1.165) is 10.7 Å². The minimum Gasteiger partial charge on any atom is -0.481 e. The van der Waals surface area contributed by atoms with Gasteiger partial charge in [-0.25, -0.2) is 4.98 Å². The lowest BCUT2D eigenvalue weighted by atomic mass is 10.1. The molecule has 0 saturated carbocycles. The van der Waals surface area contributed by atoms with Gasteiger partial charge in [0, 0.05) is 39.7 Å². The summed E-state index contributed by atoms with van der Waals surface area (Å²) in [5.74, 6) is 0.264. The van der Waals surface area contributed by atoms with Gasteiger partial charge in [-0.3, -0.25) is 25.0 Å². The molecule has 188 valence electrons. The van der Waals surface area contributed by atoms with E-state index in [4.69, 9.17) is 16.3 Å². The lowest BCUT2D eigenvalue weighted by Gasteiger charge is -2.11. The van der Waals surface area contributed by atoms with Gasteiger partial charge in [0.1, 0.15) is 12.4 Å². The number of nitro groups is 2. The number of nitro benzene ring substituents is 2. The predicted molar refractivity (Wildman–Crippen MR) is 142 cm³/mol. The summed E-state index contributed by atoms with van der Waals surface area (Å²) in [5, 5.41) is 27.3. The van der Waals surface area contributed by atoms with Crippen LogP contribution < -0.4 is 10.3 Å². The van der Waals surface area contributed by atoms with Crippen molar-refractivity contribution in [3.05, 3.63) is 112 Å². The van der Waals surface area contributed by atoms with Crippen LogP contribution >= 0.6 is 27.5 Å². The van der Waals surface area contributed by atoms with Crippen LogP contribution in [0, 0.1) is 20.2 Å². The molecule has 0 amide bonds. The van der Waals surface area contributed by atoms with Gasteiger partial charge in [-0.05, 0) is 42.0 Å². The Morgan fingerprint density at radius 2 is 1.84 bits per heavy atom. The first-order valence-electron chi connectivity index (χ1n) is 10.8. The smallest absolute Gasteiger partial charge is 0.313 e. The van der Waals surface area contributed by atoms with E-state index in [2.05, 4.69) is 26.0 Å². The lowest BCUT2D eigenvalue weighted by molar-refractivity contribution is -0.386. The molecule has 0 fully saturated rings. The Labute approximate surface area is 222 Å². The SMILES string of the molecule is CCc1nc2ccc(Br)cc2c(=O)n1N=Cc1cc(Cl)cc([N+](=O)[O-])c1OCc1ccc([N+](=O)[O-])cc1. The molecule has 0 aliphatic rings. The zero-order valence-corrected chi connectivity index (χ0v) is 21.5. The molecule has 1 aromatic heterocycles. The Morgan fingerprint density at radius 1 is 1.11 bits per heavy atom. The van der Waals surface area contributed by atoms with Gasteiger partial charge in [0.2, 0.25) is 5.75 Å². The number of aryl methyl sites for hydroxylation is 1. The molecule has 0 bridgehead atoms. The minimum absolute atomic E-state index is 0.0689. The number of hydrogen-bond donors (Lipinski definition) is 0. The second-order valence-corrected chi connectivity index (χ2v) is 9.07. The predicted octanol–water partition coefficient (Wildman–Crippen LogP) is 5.65. The summed E-state index contributed by atoms with van der Waals surface area (Å²) in [5.41, 5.74) is 0.309. The van der Waals surface area contributed by atoms with Gasteiger partial charge in [-0.15, -0.1) is 0 Å². The molecule has 13 heteroatoms. The minimum atomic E-state index is -0.646. The maximum Gasteiger partial charge on any atom is 0.313 e. The first-order chi connectivity index (χ1) is 17.7. The number of non-ortho nitro benzene ring substituents is 1. The number of hydrogen-bond acceptors (Lipinski definition) is 8. The van der Waals surface area contributed by atoms with Crippen LogP contribution in [-0.4, -0.2) is 25.7 Å². The Kier molecular flexibility index (Phi) is 7.60. The molecule has 4 rings (SSSR count). The molecule has 0 saturated heterocycles. The normalized spacial score (nSPS) is 11.2. The molecule has 0 spiro atoms. The molecule has 0 atom stereocenters. The van der Waals surface area contributed by atoms with Crippen LogP contribution in [0.3, 0.4) is 0 Å². The number of halogens is 2. The van der Waals surface area contributed by atoms with E-state index in [1.165, 1.54) is 36.5 Å². The molecular formula is C24H17BrClN5O6. The molecule has 11 nitrogen and oxygen atoms in total. The summed E-state index contributed by atoms with van der Waals surface area (Å²) in [6, 6.07) is 13.3. The monoisotopic (exact) mass is 585 g/mol. The number of nitrogens with zero attached hydrogens (tertiary/aromatic N) is 5. The Bertz CT molecular complexity index is 1620. The van der Waals surface area contributed by atoms with Gasteiger partial charge in [0.25, 0.3) is 11.2 Å². The molecule has 0 radical (unpaired) electrons. The van der Waals surface area contributed by atoms with Crippen molar-refractivity contribution in [2.24, 2.45) is 5.10 Å². The highest BCUT2D eigenvalue weighted by Gasteiger charge is 2.21. The fourth-order valence-corrected chi connectivity index (χ4v) is 4.10. The lowest BCUT2D eigenvalue weighted by Crippen LogP contribution is -2.22. The highest BCUT2D eigenvalue weighted by atomic mass is 79.9. The summed E-state index contributed by atoms with van der Waals surface area (Å²) < 4.78 is 7.59. The van der Waals surface area contributed by atoms with Gasteiger partial charge in [-0.1, -0.05) is 34.5 Å². The molecule has 4 aromatic rings. The van der Waals surface area contributed by atoms with E-state index in [1.54, 1.807) is 18.2 Å². The van der Waals surface area contributed by atoms with Crippen LogP contribution in [0.15, 0.2) is 69.0 Å². The molecule has 3 aromatic carbocycles. The van der Waals surface area contributed by atoms with Crippen molar-refractivity contribution in [1.82, 2.24) is 9.66 Å². The Balaban J connectivity index is 1.76. The Morgan fingerprint density at radius 3 is 2.49 bits per heavy atom. The van der Waals surface area contributed by atoms with Crippen molar-refractivity contribution in [3.8, 4) is 5.75 Å². The van der Waals surface area contributed by atoms with Crippen LogP contribution in [0.25, 0.3) is 10.9 Å². The molecule has 0 unspecified atom stereocenters. The largest absolute Gasteiger partial charge is 0.481 e. The highest BCUT2D eigenvalue weighted by molar-refractivity contribution is 9.10. The molecule has 0 N–H and O–H groups in total. The zero-order chi connectivity index (χ0) is 26.7. The Hall–Kier alpha value is -4.16. The van der Waals surface area contributed by atoms with E-state index in [-0.39, 0.29) is 28.6 Å². The van der Waals surface area contributed by atoms with E-state index in [9.17, 15) is 25.0 Å². The third-order valence-electron chi connectivity index (χ3n) is 5.29. The maximum absolute atomic E-state index is 13.2. The van der Waals surface area contributed by atoms with Crippen molar-refractivity contribution in [2.75, 3.05) is 0 Å². The van der Waals surface area contributed by atoms with Crippen LogP contribution in [0.5, 0.6) is 5.75 Å². The molecular weight excluding hydrogens is 570 g/mol. The van der Waals surface area contributed by atoms with Crippen molar-refractivity contribution in [3.63, 3.8) is 0 Å². The van der Waals surface area contributed by atoms with Gasteiger partial charge >= 0.3 is 5.69 Å². The molecule has 0 aliphatic carbocycles. The standard InChI is InChI=1S/C24H17BrClN5O6/c1-2-22-28-20-8-5-16(25)10-19(20)24(32)29(22)27-12-15-9-17(26)11-21(31(35)36)23(15)37-13-14-3-6-18(7-4-14)30(33)34/h3-12H,2,13H2,1H3. The van der Waals surface area contributed by atoms with Crippen molar-refractivity contribution in [2.45, 2.75) is 20.0 Å². The van der Waals surface area contributed by atoms with Crippen molar-refractivity contribution in [1.29, 1.82) is 0 Å². The average Bonchev–Trinajstić information content (AvgIpc) is 2.87.